The Kier molecular flexibility index (Phi) is 3.62. The molecule has 0 radical (unpaired) electrons. The molecule has 14 heavy (non-hydrogen) atoms. The number of benzene rings is 1. The first kappa shape index (κ1) is 11.2. The van der Waals surface area contributed by atoms with Gasteiger partial charge in [0.1, 0.15) is 0 Å². The summed E-state index contributed by atoms with van der Waals surface area (Å²) in [7, 11) is -3.16. The van der Waals surface area contributed by atoms with E-state index in [1.807, 2.05) is 30.3 Å². The van der Waals surface area contributed by atoms with E-state index in [4.69, 9.17) is 5.73 Å². The Hall–Kier alpha value is -0.910. The van der Waals surface area contributed by atoms with Gasteiger partial charge in [-0.15, -0.1) is 0 Å². The second kappa shape index (κ2) is 4.54. The van der Waals surface area contributed by atoms with Gasteiger partial charge in [0.2, 0.25) is 10.0 Å². The van der Waals surface area contributed by atoms with Crippen molar-refractivity contribution in [1.29, 1.82) is 0 Å². The Bertz CT molecular complexity index is 375. The van der Waals surface area contributed by atoms with Crippen molar-refractivity contribution < 1.29 is 8.42 Å². The van der Waals surface area contributed by atoms with Gasteiger partial charge in [0, 0.05) is 12.6 Å². The maximum atomic E-state index is 10.8. The van der Waals surface area contributed by atoms with E-state index < -0.39 is 10.0 Å². The first-order chi connectivity index (χ1) is 6.49. The molecule has 78 valence electrons. The molecule has 4 nitrogen and oxygen atoms in total. The molecule has 1 aromatic rings. The van der Waals surface area contributed by atoms with Crippen LogP contribution in [0.4, 0.5) is 0 Å². The predicted molar refractivity (Wildman–Crippen MR) is 56.2 cm³/mol. The van der Waals surface area contributed by atoms with Crippen LogP contribution in [-0.2, 0) is 10.0 Å². The van der Waals surface area contributed by atoms with E-state index in [9.17, 15) is 8.42 Å². The van der Waals surface area contributed by atoms with Crippen molar-refractivity contribution in [3.05, 3.63) is 35.9 Å². The van der Waals surface area contributed by atoms with E-state index in [0.29, 0.717) is 0 Å². The second-order valence-electron chi connectivity index (χ2n) is 3.14. The van der Waals surface area contributed by atoms with Gasteiger partial charge in [-0.25, -0.2) is 13.1 Å². The van der Waals surface area contributed by atoms with Gasteiger partial charge in [0.25, 0.3) is 0 Å². The summed E-state index contributed by atoms with van der Waals surface area (Å²) in [5, 5.41) is 0. The van der Waals surface area contributed by atoms with Gasteiger partial charge in [-0.05, 0) is 5.56 Å². The summed E-state index contributed by atoms with van der Waals surface area (Å²) < 4.78 is 24.0. The lowest BCUT2D eigenvalue weighted by atomic mass is 10.1. The Morgan fingerprint density at radius 1 is 1.36 bits per heavy atom. The van der Waals surface area contributed by atoms with E-state index in [2.05, 4.69) is 4.72 Å². The fraction of sp³-hybridized carbons (Fsp3) is 0.333. The van der Waals surface area contributed by atoms with Crippen LogP contribution >= 0.6 is 0 Å². The van der Waals surface area contributed by atoms with Crippen LogP contribution in [0.2, 0.25) is 0 Å². The second-order valence-corrected chi connectivity index (χ2v) is 4.97. The molecule has 0 amide bonds. The summed E-state index contributed by atoms with van der Waals surface area (Å²) in [4.78, 5) is 0. The van der Waals surface area contributed by atoms with Crippen molar-refractivity contribution >= 4 is 10.0 Å². The van der Waals surface area contributed by atoms with E-state index in [1.165, 1.54) is 0 Å². The third kappa shape index (κ3) is 3.87. The average Bonchev–Trinajstić information content (AvgIpc) is 2.14. The van der Waals surface area contributed by atoms with Gasteiger partial charge in [0.05, 0.1) is 6.26 Å². The number of nitrogens with two attached hydrogens (primary N) is 1. The fourth-order valence-electron chi connectivity index (χ4n) is 1.06. The summed E-state index contributed by atoms with van der Waals surface area (Å²) in [6, 6.07) is 9.07. The first-order valence-electron chi connectivity index (χ1n) is 4.24. The molecule has 0 aromatic heterocycles. The summed E-state index contributed by atoms with van der Waals surface area (Å²) in [5.74, 6) is 0. The highest BCUT2D eigenvalue weighted by Crippen LogP contribution is 2.07. The molecule has 0 bridgehead atoms. The van der Waals surface area contributed by atoms with Crippen LogP contribution in [0.15, 0.2) is 30.3 Å². The molecule has 0 saturated heterocycles. The maximum Gasteiger partial charge on any atom is 0.208 e. The SMILES string of the molecule is CS(=O)(=O)NC[C@H](N)c1ccccc1. The molecule has 0 aliphatic heterocycles. The van der Waals surface area contributed by atoms with Crippen LogP contribution in [0.1, 0.15) is 11.6 Å². The van der Waals surface area contributed by atoms with Crippen molar-refractivity contribution in [2.75, 3.05) is 12.8 Å². The van der Waals surface area contributed by atoms with Gasteiger partial charge in [-0.3, -0.25) is 0 Å². The number of hydrogen-bond acceptors (Lipinski definition) is 3. The molecule has 0 aliphatic rings. The Morgan fingerprint density at radius 2 is 1.93 bits per heavy atom. The smallest absolute Gasteiger partial charge is 0.208 e. The Labute approximate surface area is 84.2 Å². The zero-order valence-electron chi connectivity index (χ0n) is 7.97. The lowest BCUT2D eigenvalue weighted by Gasteiger charge is -2.11. The highest BCUT2D eigenvalue weighted by atomic mass is 32.2. The third-order valence-electron chi connectivity index (χ3n) is 1.79. The summed E-state index contributed by atoms with van der Waals surface area (Å²) in [5.41, 5.74) is 6.70. The minimum Gasteiger partial charge on any atom is -0.323 e. The molecule has 1 rings (SSSR count). The normalized spacial score (nSPS) is 13.9. The fourth-order valence-corrected chi connectivity index (χ4v) is 1.54. The van der Waals surface area contributed by atoms with Crippen molar-refractivity contribution in [3.63, 3.8) is 0 Å². The molecular weight excluding hydrogens is 200 g/mol. The van der Waals surface area contributed by atoms with E-state index in [0.717, 1.165) is 11.8 Å². The van der Waals surface area contributed by atoms with Gasteiger partial charge in [-0.1, -0.05) is 30.3 Å². The molecular formula is C9H14N2O2S. The molecule has 0 aliphatic carbocycles. The lowest BCUT2D eigenvalue weighted by molar-refractivity contribution is 0.578. The average molecular weight is 214 g/mol. The minimum atomic E-state index is -3.16. The summed E-state index contributed by atoms with van der Waals surface area (Å²) in [6.45, 7) is 0.225. The molecule has 3 N–H and O–H groups in total. The van der Waals surface area contributed by atoms with Gasteiger partial charge in [-0.2, -0.15) is 0 Å². The number of sulfonamides is 1. The van der Waals surface area contributed by atoms with E-state index >= 15 is 0 Å². The number of rotatable bonds is 4. The van der Waals surface area contributed by atoms with Gasteiger partial charge >= 0.3 is 0 Å². The minimum absolute atomic E-state index is 0.225. The Morgan fingerprint density at radius 3 is 2.43 bits per heavy atom. The standard InChI is InChI=1S/C9H14N2O2S/c1-14(12,13)11-7-9(10)8-5-3-2-4-6-8/h2-6,9,11H,7,10H2,1H3/t9-/m0/s1. The molecule has 0 saturated carbocycles. The van der Waals surface area contributed by atoms with Crippen molar-refractivity contribution in [2.45, 2.75) is 6.04 Å². The third-order valence-corrected chi connectivity index (χ3v) is 2.48. The van der Waals surface area contributed by atoms with Crippen LogP contribution in [0.3, 0.4) is 0 Å². The number of nitrogens with one attached hydrogen (secondary N) is 1. The van der Waals surface area contributed by atoms with Crippen LogP contribution < -0.4 is 10.5 Å². The van der Waals surface area contributed by atoms with Crippen LogP contribution in [0.5, 0.6) is 0 Å². The number of hydrogen-bond donors (Lipinski definition) is 2. The summed E-state index contributed by atoms with van der Waals surface area (Å²) in [6.07, 6.45) is 1.12. The van der Waals surface area contributed by atoms with Crippen LogP contribution in [0.25, 0.3) is 0 Å². The van der Waals surface area contributed by atoms with Gasteiger partial charge in [0.15, 0.2) is 0 Å². The largest absolute Gasteiger partial charge is 0.323 e. The van der Waals surface area contributed by atoms with Crippen molar-refractivity contribution in [3.8, 4) is 0 Å². The van der Waals surface area contributed by atoms with Crippen LogP contribution in [0, 0.1) is 0 Å². The van der Waals surface area contributed by atoms with Crippen molar-refractivity contribution in [2.24, 2.45) is 5.73 Å². The molecule has 0 fully saturated rings. The first-order valence-corrected chi connectivity index (χ1v) is 6.13. The topological polar surface area (TPSA) is 72.2 Å². The van der Waals surface area contributed by atoms with Crippen LogP contribution in [-0.4, -0.2) is 21.2 Å². The molecule has 1 aromatic carbocycles. The molecule has 0 unspecified atom stereocenters. The molecule has 0 spiro atoms. The molecule has 5 heteroatoms. The molecule has 1 atom stereocenters. The predicted octanol–water partition coefficient (Wildman–Crippen LogP) is 0.236. The molecule has 0 heterocycles. The monoisotopic (exact) mass is 214 g/mol. The highest BCUT2D eigenvalue weighted by molar-refractivity contribution is 7.88. The van der Waals surface area contributed by atoms with E-state index in [-0.39, 0.29) is 12.6 Å². The summed E-state index contributed by atoms with van der Waals surface area (Å²) >= 11 is 0. The Balaban J connectivity index is 2.56. The highest BCUT2D eigenvalue weighted by Gasteiger charge is 2.07. The maximum absolute atomic E-state index is 10.8. The quantitative estimate of drug-likeness (QED) is 0.754. The lowest BCUT2D eigenvalue weighted by Crippen LogP contribution is -2.31. The van der Waals surface area contributed by atoms with Crippen molar-refractivity contribution in [1.82, 2.24) is 4.72 Å². The zero-order valence-corrected chi connectivity index (χ0v) is 8.79. The van der Waals surface area contributed by atoms with E-state index in [1.54, 1.807) is 0 Å². The zero-order chi connectivity index (χ0) is 10.6. The van der Waals surface area contributed by atoms with Gasteiger partial charge < -0.3 is 5.73 Å².